The summed E-state index contributed by atoms with van der Waals surface area (Å²) in [6.07, 6.45) is 4.50. The molecule has 1 aromatic carbocycles. The van der Waals surface area contributed by atoms with Gasteiger partial charge in [-0.2, -0.15) is 0 Å². The molecule has 2 aromatic heterocycles. The molecule has 0 spiro atoms. The van der Waals surface area contributed by atoms with Crippen LogP contribution in [0.25, 0.3) is 11.0 Å². The van der Waals surface area contributed by atoms with E-state index in [4.69, 9.17) is 5.73 Å². The van der Waals surface area contributed by atoms with Crippen LogP contribution in [0.4, 0.5) is 5.82 Å². The number of hydrogen-bond donors (Lipinski definition) is 3. The SMILES string of the molecule is Cc1ccc2nc(CCNc3cc(C4CC(N)C4)ncn3)[nH]c2c1.Cl.Cl. The van der Waals surface area contributed by atoms with E-state index >= 15 is 0 Å². The monoisotopic (exact) mass is 394 g/mol. The predicted molar refractivity (Wildman–Crippen MR) is 110 cm³/mol. The highest BCUT2D eigenvalue weighted by atomic mass is 35.5. The molecule has 140 valence electrons. The highest BCUT2D eigenvalue weighted by Crippen LogP contribution is 2.34. The van der Waals surface area contributed by atoms with Crippen LogP contribution >= 0.6 is 24.8 Å². The van der Waals surface area contributed by atoms with Gasteiger partial charge in [-0.05, 0) is 37.5 Å². The molecule has 1 fully saturated rings. The van der Waals surface area contributed by atoms with Gasteiger partial charge in [0.25, 0.3) is 0 Å². The van der Waals surface area contributed by atoms with Crippen molar-refractivity contribution >= 4 is 41.7 Å². The fraction of sp³-hybridized carbons (Fsp3) is 0.389. The van der Waals surface area contributed by atoms with E-state index in [2.05, 4.69) is 50.4 Å². The number of nitrogens with zero attached hydrogens (tertiary/aromatic N) is 3. The lowest BCUT2D eigenvalue weighted by molar-refractivity contribution is 0.345. The highest BCUT2D eigenvalue weighted by Gasteiger charge is 2.28. The summed E-state index contributed by atoms with van der Waals surface area (Å²) in [6, 6.07) is 8.63. The molecule has 1 aliphatic carbocycles. The van der Waals surface area contributed by atoms with E-state index in [0.29, 0.717) is 12.0 Å². The molecule has 1 aliphatic rings. The zero-order chi connectivity index (χ0) is 16.5. The maximum Gasteiger partial charge on any atom is 0.129 e. The molecule has 3 aromatic rings. The smallest absolute Gasteiger partial charge is 0.129 e. The van der Waals surface area contributed by atoms with E-state index in [1.165, 1.54) is 5.56 Å². The third kappa shape index (κ3) is 4.44. The standard InChI is InChI=1S/C18H22N6.2ClH/c1-11-2-3-14-16(6-11)24-17(23-14)4-5-20-18-9-15(21-10-22-18)12-7-13(19)8-12;;/h2-3,6,9-10,12-13H,4-5,7-8,19H2,1H3,(H,23,24)(H,20,21,22);2*1H. The van der Waals surface area contributed by atoms with Gasteiger partial charge >= 0.3 is 0 Å². The third-order valence-electron chi connectivity index (χ3n) is 4.64. The third-order valence-corrected chi connectivity index (χ3v) is 4.64. The van der Waals surface area contributed by atoms with Crippen molar-refractivity contribution in [3.05, 3.63) is 47.7 Å². The average Bonchev–Trinajstić information content (AvgIpc) is 2.94. The number of rotatable bonds is 5. The number of anilines is 1. The first-order valence-electron chi connectivity index (χ1n) is 8.44. The number of halogens is 2. The molecule has 0 unspecified atom stereocenters. The molecule has 1 saturated carbocycles. The molecule has 0 amide bonds. The Balaban J connectivity index is 0.00000121. The number of imidazole rings is 1. The van der Waals surface area contributed by atoms with Gasteiger partial charge in [0.15, 0.2) is 0 Å². The molecule has 8 heteroatoms. The number of aromatic amines is 1. The first-order chi connectivity index (χ1) is 11.7. The van der Waals surface area contributed by atoms with Crippen LogP contribution in [-0.2, 0) is 6.42 Å². The van der Waals surface area contributed by atoms with Crippen LogP contribution in [0.2, 0.25) is 0 Å². The van der Waals surface area contributed by atoms with E-state index in [0.717, 1.165) is 54.2 Å². The fourth-order valence-electron chi connectivity index (χ4n) is 3.20. The molecule has 6 nitrogen and oxygen atoms in total. The van der Waals surface area contributed by atoms with E-state index in [-0.39, 0.29) is 24.8 Å². The predicted octanol–water partition coefficient (Wildman–Crippen LogP) is 3.36. The maximum absolute atomic E-state index is 5.86. The molecule has 0 radical (unpaired) electrons. The summed E-state index contributed by atoms with van der Waals surface area (Å²) in [6.45, 7) is 2.86. The Morgan fingerprint density at radius 3 is 2.77 bits per heavy atom. The van der Waals surface area contributed by atoms with Crippen molar-refractivity contribution in [2.45, 2.75) is 38.1 Å². The second-order valence-electron chi connectivity index (χ2n) is 6.64. The van der Waals surface area contributed by atoms with Crippen LogP contribution in [-0.4, -0.2) is 32.5 Å². The Morgan fingerprint density at radius 1 is 1.19 bits per heavy atom. The van der Waals surface area contributed by atoms with E-state index < -0.39 is 0 Å². The molecule has 0 atom stereocenters. The number of benzene rings is 1. The van der Waals surface area contributed by atoms with Crippen molar-refractivity contribution < 1.29 is 0 Å². The number of aromatic nitrogens is 4. The lowest BCUT2D eigenvalue weighted by Crippen LogP contribution is -2.35. The number of fused-ring (bicyclic) bond motifs is 1. The van der Waals surface area contributed by atoms with Crippen molar-refractivity contribution in [2.24, 2.45) is 5.73 Å². The maximum atomic E-state index is 5.86. The van der Waals surface area contributed by atoms with E-state index in [1.54, 1.807) is 6.33 Å². The van der Waals surface area contributed by atoms with Crippen molar-refractivity contribution in [3.63, 3.8) is 0 Å². The number of aryl methyl sites for hydroxylation is 1. The summed E-state index contributed by atoms with van der Waals surface area (Å²) in [4.78, 5) is 16.7. The lowest BCUT2D eigenvalue weighted by Gasteiger charge is -2.31. The molecule has 26 heavy (non-hydrogen) atoms. The van der Waals surface area contributed by atoms with Crippen LogP contribution in [0.5, 0.6) is 0 Å². The topological polar surface area (TPSA) is 92.5 Å². The number of nitrogens with one attached hydrogen (secondary N) is 2. The van der Waals surface area contributed by atoms with Gasteiger partial charge in [0.1, 0.15) is 18.0 Å². The molecule has 0 bridgehead atoms. The fourth-order valence-corrected chi connectivity index (χ4v) is 3.20. The second kappa shape index (κ2) is 8.66. The summed E-state index contributed by atoms with van der Waals surface area (Å²) in [7, 11) is 0. The molecule has 4 rings (SSSR count). The van der Waals surface area contributed by atoms with Gasteiger partial charge in [0.05, 0.1) is 11.0 Å². The van der Waals surface area contributed by atoms with Crippen molar-refractivity contribution in [3.8, 4) is 0 Å². The number of nitrogens with two attached hydrogens (primary N) is 1. The Bertz CT molecular complexity index is 860. The van der Waals surface area contributed by atoms with Crippen LogP contribution in [0.1, 0.15) is 35.8 Å². The lowest BCUT2D eigenvalue weighted by atomic mass is 9.79. The van der Waals surface area contributed by atoms with Crippen LogP contribution in [0.3, 0.4) is 0 Å². The Hall–Kier alpha value is -1.89. The largest absolute Gasteiger partial charge is 0.370 e. The van der Waals surface area contributed by atoms with Crippen molar-refractivity contribution in [2.75, 3.05) is 11.9 Å². The zero-order valence-electron chi connectivity index (χ0n) is 14.6. The van der Waals surface area contributed by atoms with E-state index in [1.807, 2.05) is 6.07 Å². The molecule has 0 saturated heterocycles. The quantitative estimate of drug-likeness (QED) is 0.616. The zero-order valence-corrected chi connectivity index (χ0v) is 16.2. The van der Waals surface area contributed by atoms with Gasteiger partial charge < -0.3 is 16.0 Å². The summed E-state index contributed by atoms with van der Waals surface area (Å²) < 4.78 is 0. The van der Waals surface area contributed by atoms with Crippen molar-refractivity contribution in [1.82, 2.24) is 19.9 Å². The highest BCUT2D eigenvalue weighted by molar-refractivity contribution is 5.85. The van der Waals surface area contributed by atoms with Gasteiger partial charge in [0.2, 0.25) is 0 Å². The van der Waals surface area contributed by atoms with Gasteiger partial charge in [0, 0.05) is 36.7 Å². The summed E-state index contributed by atoms with van der Waals surface area (Å²) in [5.41, 5.74) is 10.3. The minimum absolute atomic E-state index is 0. The van der Waals surface area contributed by atoms with Gasteiger partial charge in [-0.15, -0.1) is 24.8 Å². The summed E-state index contributed by atoms with van der Waals surface area (Å²) in [5, 5.41) is 3.36. The Morgan fingerprint density at radius 2 is 2.00 bits per heavy atom. The molecule has 0 aliphatic heterocycles. The van der Waals surface area contributed by atoms with Crippen LogP contribution in [0, 0.1) is 6.92 Å². The van der Waals surface area contributed by atoms with Gasteiger partial charge in [-0.3, -0.25) is 0 Å². The van der Waals surface area contributed by atoms with Gasteiger partial charge in [-0.25, -0.2) is 15.0 Å². The van der Waals surface area contributed by atoms with Gasteiger partial charge in [-0.1, -0.05) is 6.07 Å². The molecular weight excluding hydrogens is 371 g/mol. The number of H-pyrrole nitrogens is 1. The first-order valence-corrected chi connectivity index (χ1v) is 8.44. The minimum Gasteiger partial charge on any atom is -0.370 e. The molecule has 2 heterocycles. The van der Waals surface area contributed by atoms with Crippen LogP contribution < -0.4 is 11.1 Å². The summed E-state index contributed by atoms with van der Waals surface area (Å²) >= 11 is 0. The molecule has 4 N–H and O–H groups in total. The van der Waals surface area contributed by atoms with Crippen LogP contribution in [0.15, 0.2) is 30.6 Å². The molecular formula is C18H24Cl2N6. The average molecular weight is 395 g/mol. The Kier molecular flexibility index (Phi) is 6.81. The van der Waals surface area contributed by atoms with E-state index in [9.17, 15) is 0 Å². The first kappa shape index (κ1) is 20.4. The number of hydrogen-bond acceptors (Lipinski definition) is 5. The second-order valence-corrected chi connectivity index (χ2v) is 6.64. The summed E-state index contributed by atoms with van der Waals surface area (Å²) in [5.74, 6) is 2.34. The normalized spacial score (nSPS) is 18.5. The Labute approximate surface area is 165 Å². The van der Waals surface area contributed by atoms with Crippen molar-refractivity contribution in [1.29, 1.82) is 0 Å². The minimum atomic E-state index is 0.